The van der Waals surface area contributed by atoms with Gasteiger partial charge in [-0.05, 0) is 36.2 Å². The standard InChI is InChI=1S/C20H23NO5/c1-5-26-13-6-7-14-15(11-19(22)21-16(14)10-13)12-8-17(23-2)20(25-4)18(9-12)24-3/h6-10,15H,5,11H2,1-4H3,(H,21,22). The number of fused-ring (bicyclic) bond motifs is 1. The monoisotopic (exact) mass is 357 g/mol. The average molecular weight is 357 g/mol. The minimum atomic E-state index is -0.108. The molecule has 0 aliphatic carbocycles. The Morgan fingerprint density at radius 3 is 2.31 bits per heavy atom. The number of nitrogens with one attached hydrogen (secondary N) is 1. The fourth-order valence-electron chi connectivity index (χ4n) is 3.30. The summed E-state index contributed by atoms with van der Waals surface area (Å²) in [7, 11) is 4.73. The molecule has 1 aliphatic heterocycles. The number of rotatable bonds is 6. The highest BCUT2D eigenvalue weighted by Crippen LogP contribution is 2.45. The number of carbonyl (C=O) groups is 1. The zero-order chi connectivity index (χ0) is 18.7. The number of anilines is 1. The van der Waals surface area contributed by atoms with E-state index in [0.29, 0.717) is 30.3 Å². The maximum absolute atomic E-state index is 12.3. The Morgan fingerprint density at radius 1 is 1.04 bits per heavy atom. The van der Waals surface area contributed by atoms with Crippen molar-refractivity contribution >= 4 is 11.6 Å². The van der Waals surface area contributed by atoms with Gasteiger partial charge in [-0.25, -0.2) is 0 Å². The van der Waals surface area contributed by atoms with Crippen LogP contribution < -0.4 is 24.3 Å². The van der Waals surface area contributed by atoms with Crippen LogP contribution >= 0.6 is 0 Å². The molecule has 0 radical (unpaired) electrons. The summed E-state index contributed by atoms with van der Waals surface area (Å²) < 4.78 is 21.8. The van der Waals surface area contributed by atoms with Gasteiger partial charge in [-0.15, -0.1) is 0 Å². The predicted octanol–water partition coefficient (Wildman–Crippen LogP) is 3.59. The van der Waals surface area contributed by atoms with Gasteiger partial charge in [-0.1, -0.05) is 6.07 Å². The highest BCUT2D eigenvalue weighted by atomic mass is 16.5. The van der Waals surface area contributed by atoms with E-state index in [2.05, 4.69) is 5.32 Å². The summed E-state index contributed by atoms with van der Waals surface area (Å²) in [5, 5.41) is 2.93. The van der Waals surface area contributed by atoms with E-state index < -0.39 is 0 Å². The van der Waals surface area contributed by atoms with Crippen LogP contribution in [0.5, 0.6) is 23.0 Å². The molecule has 1 atom stereocenters. The summed E-state index contributed by atoms with van der Waals surface area (Å²) in [5.74, 6) is 2.26. The Kier molecular flexibility index (Phi) is 5.21. The fraction of sp³-hybridized carbons (Fsp3) is 0.350. The molecule has 2 aromatic rings. The van der Waals surface area contributed by atoms with E-state index in [0.717, 1.165) is 22.6 Å². The van der Waals surface area contributed by atoms with Crippen LogP contribution in [0, 0.1) is 0 Å². The van der Waals surface area contributed by atoms with Gasteiger partial charge in [0.1, 0.15) is 5.75 Å². The van der Waals surface area contributed by atoms with Crippen LogP contribution in [0.25, 0.3) is 0 Å². The van der Waals surface area contributed by atoms with E-state index in [4.69, 9.17) is 18.9 Å². The van der Waals surface area contributed by atoms with Crippen LogP contribution in [0.4, 0.5) is 5.69 Å². The number of hydrogen-bond acceptors (Lipinski definition) is 5. The Labute approximate surface area is 153 Å². The van der Waals surface area contributed by atoms with Gasteiger partial charge in [0.15, 0.2) is 11.5 Å². The predicted molar refractivity (Wildman–Crippen MR) is 98.8 cm³/mol. The molecular weight excluding hydrogens is 334 g/mol. The SMILES string of the molecule is CCOc1ccc2c(c1)NC(=O)CC2c1cc(OC)c(OC)c(OC)c1. The molecule has 138 valence electrons. The van der Waals surface area contributed by atoms with Gasteiger partial charge in [0.25, 0.3) is 0 Å². The molecule has 6 nitrogen and oxygen atoms in total. The van der Waals surface area contributed by atoms with Gasteiger partial charge in [0, 0.05) is 24.1 Å². The van der Waals surface area contributed by atoms with E-state index in [9.17, 15) is 4.79 Å². The van der Waals surface area contributed by atoms with Crippen molar-refractivity contribution in [3.8, 4) is 23.0 Å². The fourth-order valence-corrected chi connectivity index (χ4v) is 3.30. The molecule has 1 aliphatic rings. The molecular formula is C20H23NO5. The molecule has 6 heteroatoms. The lowest BCUT2D eigenvalue weighted by molar-refractivity contribution is -0.116. The molecule has 0 fully saturated rings. The Hall–Kier alpha value is -2.89. The number of amides is 1. The average Bonchev–Trinajstić information content (AvgIpc) is 2.66. The first-order valence-electron chi connectivity index (χ1n) is 8.47. The zero-order valence-electron chi connectivity index (χ0n) is 15.4. The van der Waals surface area contributed by atoms with Gasteiger partial charge in [-0.2, -0.15) is 0 Å². The first-order valence-corrected chi connectivity index (χ1v) is 8.47. The summed E-state index contributed by atoms with van der Waals surface area (Å²) in [6.07, 6.45) is 0.347. The quantitative estimate of drug-likeness (QED) is 0.856. The van der Waals surface area contributed by atoms with E-state index >= 15 is 0 Å². The topological polar surface area (TPSA) is 66.0 Å². The van der Waals surface area contributed by atoms with E-state index in [1.807, 2.05) is 37.3 Å². The maximum Gasteiger partial charge on any atom is 0.225 e. The Bertz CT molecular complexity index is 793. The van der Waals surface area contributed by atoms with Gasteiger partial charge < -0.3 is 24.3 Å². The number of benzene rings is 2. The van der Waals surface area contributed by atoms with Gasteiger partial charge in [0.2, 0.25) is 11.7 Å². The molecule has 2 aromatic carbocycles. The summed E-state index contributed by atoms with van der Waals surface area (Å²) in [4.78, 5) is 12.3. The van der Waals surface area contributed by atoms with Crippen molar-refractivity contribution in [2.45, 2.75) is 19.3 Å². The van der Waals surface area contributed by atoms with Crippen LogP contribution in [0.15, 0.2) is 30.3 Å². The molecule has 3 rings (SSSR count). The van der Waals surface area contributed by atoms with Gasteiger partial charge in [-0.3, -0.25) is 4.79 Å². The second-order valence-corrected chi connectivity index (χ2v) is 5.95. The van der Waals surface area contributed by atoms with Crippen molar-refractivity contribution in [1.82, 2.24) is 0 Å². The highest BCUT2D eigenvalue weighted by molar-refractivity contribution is 5.95. The van der Waals surface area contributed by atoms with Crippen LogP contribution in [0.2, 0.25) is 0 Å². The number of methoxy groups -OCH3 is 3. The first-order chi connectivity index (χ1) is 12.6. The van der Waals surface area contributed by atoms with Gasteiger partial charge >= 0.3 is 0 Å². The molecule has 26 heavy (non-hydrogen) atoms. The molecule has 1 N–H and O–H groups in total. The summed E-state index contributed by atoms with van der Waals surface area (Å²) in [6.45, 7) is 2.50. The molecule has 1 amide bonds. The first kappa shape index (κ1) is 17.9. The van der Waals surface area contributed by atoms with Crippen LogP contribution in [0.1, 0.15) is 30.4 Å². The molecule has 0 saturated heterocycles. The Morgan fingerprint density at radius 2 is 1.73 bits per heavy atom. The van der Waals surface area contributed by atoms with Crippen molar-refractivity contribution in [3.05, 3.63) is 41.5 Å². The van der Waals surface area contributed by atoms with E-state index in [-0.39, 0.29) is 11.8 Å². The van der Waals surface area contributed by atoms with E-state index in [1.165, 1.54) is 0 Å². The second kappa shape index (κ2) is 7.56. The number of ether oxygens (including phenoxy) is 4. The minimum Gasteiger partial charge on any atom is -0.494 e. The lowest BCUT2D eigenvalue weighted by atomic mass is 9.84. The second-order valence-electron chi connectivity index (χ2n) is 5.95. The lowest BCUT2D eigenvalue weighted by Gasteiger charge is -2.27. The van der Waals surface area contributed by atoms with Crippen LogP contribution in [-0.4, -0.2) is 33.8 Å². The minimum absolute atomic E-state index is 0.0371. The molecule has 0 bridgehead atoms. The largest absolute Gasteiger partial charge is 0.494 e. The molecule has 1 unspecified atom stereocenters. The lowest BCUT2D eigenvalue weighted by Crippen LogP contribution is -2.23. The maximum atomic E-state index is 12.3. The van der Waals surface area contributed by atoms with Crippen molar-refractivity contribution < 1.29 is 23.7 Å². The third-order valence-corrected chi connectivity index (χ3v) is 4.46. The zero-order valence-corrected chi connectivity index (χ0v) is 15.4. The van der Waals surface area contributed by atoms with Gasteiger partial charge in [0.05, 0.1) is 27.9 Å². The third-order valence-electron chi connectivity index (χ3n) is 4.46. The van der Waals surface area contributed by atoms with Crippen molar-refractivity contribution in [2.24, 2.45) is 0 Å². The summed E-state index contributed by atoms with van der Waals surface area (Å²) in [6, 6.07) is 9.56. The normalized spacial score (nSPS) is 15.7. The molecule has 0 saturated carbocycles. The molecule has 0 aromatic heterocycles. The molecule has 0 spiro atoms. The van der Waals surface area contributed by atoms with Crippen LogP contribution in [0.3, 0.4) is 0 Å². The third kappa shape index (κ3) is 3.27. The van der Waals surface area contributed by atoms with Crippen molar-refractivity contribution in [3.63, 3.8) is 0 Å². The summed E-state index contributed by atoms with van der Waals surface area (Å²) >= 11 is 0. The van der Waals surface area contributed by atoms with Crippen molar-refractivity contribution in [1.29, 1.82) is 0 Å². The molecule has 1 heterocycles. The Balaban J connectivity index is 2.09. The van der Waals surface area contributed by atoms with E-state index in [1.54, 1.807) is 21.3 Å². The number of carbonyl (C=O) groups excluding carboxylic acids is 1. The highest BCUT2D eigenvalue weighted by Gasteiger charge is 2.28. The smallest absolute Gasteiger partial charge is 0.225 e. The number of hydrogen-bond donors (Lipinski definition) is 1. The summed E-state index contributed by atoms with van der Waals surface area (Å²) in [5.41, 5.74) is 2.73. The van der Waals surface area contributed by atoms with Crippen LogP contribution in [-0.2, 0) is 4.79 Å². The van der Waals surface area contributed by atoms with Crippen molar-refractivity contribution in [2.75, 3.05) is 33.3 Å².